The standard InChI is InChI=1S/C21H25N3O3/c1-3-12-22-21(26)16-6-5-7-18(14-16)23-15-20(25)24-17-8-10-19(11-9-17)27-13-4-2/h4-11,14,23H,2-3,12-13,15H2,1H3,(H,22,26)(H,24,25). The molecule has 2 amide bonds. The van der Waals surface area contributed by atoms with E-state index in [9.17, 15) is 9.59 Å². The fourth-order valence-electron chi connectivity index (χ4n) is 2.29. The van der Waals surface area contributed by atoms with Gasteiger partial charge in [-0.15, -0.1) is 0 Å². The zero-order valence-electron chi connectivity index (χ0n) is 15.5. The lowest BCUT2D eigenvalue weighted by molar-refractivity contribution is -0.114. The van der Waals surface area contributed by atoms with E-state index < -0.39 is 0 Å². The molecule has 0 aliphatic carbocycles. The summed E-state index contributed by atoms with van der Waals surface area (Å²) in [5, 5.41) is 8.66. The second kappa shape index (κ2) is 10.7. The van der Waals surface area contributed by atoms with Gasteiger partial charge in [0.05, 0.1) is 6.54 Å². The Balaban J connectivity index is 1.84. The predicted molar refractivity (Wildman–Crippen MR) is 108 cm³/mol. The van der Waals surface area contributed by atoms with Crippen LogP contribution in [0.2, 0.25) is 0 Å². The van der Waals surface area contributed by atoms with Crippen molar-refractivity contribution in [3.8, 4) is 5.75 Å². The minimum Gasteiger partial charge on any atom is -0.490 e. The number of carbonyl (C=O) groups excluding carboxylic acids is 2. The Bertz CT molecular complexity index is 772. The Hall–Kier alpha value is -3.28. The van der Waals surface area contributed by atoms with Crippen molar-refractivity contribution in [3.05, 3.63) is 66.7 Å². The highest BCUT2D eigenvalue weighted by Gasteiger charge is 2.07. The van der Waals surface area contributed by atoms with Gasteiger partial charge in [-0.3, -0.25) is 9.59 Å². The van der Waals surface area contributed by atoms with Gasteiger partial charge in [-0.2, -0.15) is 0 Å². The van der Waals surface area contributed by atoms with Gasteiger partial charge in [0.25, 0.3) is 5.91 Å². The highest BCUT2D eigenvalue weighted by atomic mass is 16.5. The number of benzene rings is 2. The Morgan fingerprint density at radius 3 is 2.59 bits per heavy atom. The summed E-state index contributed by atoms with van der Waals surface area (Å²) in [5.41, 5.74) is 1.95. The van der Waals surface area contributed by atoms with E-state index in [0.29, 0.717) is 35.8 Å². The molecule has 2 rings (SSSR count). The number of amides is 2. The summed E-state index contributed by atoms with van der Waals surface area (Å²) >= 11 is 0. The predicted octanol–water partition coefficient (Wildman–Crippen LogP) is 3.44. The Morgan fingerprint density at radius 2 is 1.89 bits per heavy atom. The summed E-state index contributed by atoms with van der Waals surface area (Å²) in [6, 6.07) is 14.2. The molecule has 2 aromatic carbocycles. The van der Waals surface area contributed by atoms with Gasteiger partial charge in [0.15, 0.2) is 0 Å². The summed E-state index contributed by atoms with van der Waals surface area (Å²) in [4.78, 5) is 24.1. The molecule has 0 aromatic heterocycles. The fraction of sp³-hybridized carbons (Fsp3) is 0.238. The topological polar surface area (TPSA) is 79.5 Å². The van der Waals surface area contributed by atoms with Gasteiger partial charge in [0, 0.05) is 23.5 Å². The van der Waals surface area contributed by atoms with Gasteiger partial charge in [0.1, 0.15) is 12.4 Å². The van der Waals surface area contributed by atoms with Crippen LogP contribution in [0.15, 0.2) is 61.2 Å². The van der Waals surface area contributed by atoms with Crippen molar-refractivity contribution in [1.29, 1.82) is 0 Å². The van der Waals surface area contributed by atoms with Crippen LogP contribution in [-0.2, 0) is 4.79 Å². The molecule has 6 heteroatoms. The van der Waals surface area contributed by atoms with E-state index in [1.807, 2.05) is 13.0 Å². The maximum absolute atomic E-state index is 12.1. The highest BCUT2D eigenvalue weighted by molar-refractivity contribution is 5.96. The van der Waals surface area contributed by atoms with Crippen molar-refractivity contribution in [2.24, 2.45) is 0 Å². The summed E-state index contributed by atoms with van der Waals surface area (Å²) < 4.78 is 5.40. The van der Waals surface area contributed by atoms with Crippen LogP contribution in [-0.4, -0.2) is 31.5 Å². The second-order valence-corrected chi connectivity index (χ2v) is 5.86. The van der Waals surface area contributed by atoms with Gasteiger partial charge in [0.2, 0.25) is 5.91 Å². The van der Waals surface area contributed by atoms with Crippen LogP contribution < -0.4 is 20.7 Å². The summed E-state index contributed by atoms with van der Waals surface area (Å²) in [5.74, 6) is 0.406. The zero-order chi connectivity index (χ0) is 19.5. The van der Waals surface area contributed by atoms with Crippen molar-refractivity contribution in [3.63, 3.8) is 0 Å². The Morgan fingerprint density at radius 1 is 1.11 bits per heavy atom. The van der Waals surface area contributed by atoms with E-state index in [-0.39, 0.29) is 18.4 Å². The monoisotopic (exact) mass is 367 g/mol. The SMILES string of the molecule is C=CCOc1ccc(NC(=O)CNc2cccc(C(=O)NCCC)c2)cc1. The smallest absolute Gasteiger partial charge is 0.251 e. The third kappa shape index (κ3) is 6.86. The number of rotatable bonds is 10. The lowest BCUT2D eigenvalue weighted by Crippen LogP contribution is -2.24. The van der Waals surface area contributed by atoms with Crippen molar-refractivity contribution in [2.75, 3.05) is 30.3 Å². The number of hydrogen-bond donors (Lipinski definition) is 3. The lowest BCUT2D eigenvalue weighted by atomic mass is 10.2. The third-order valence-corrected chi connectivity index (χ3v) is 3.62. The molecule has 0 atom stereocenters. The molecule has 142 valence electrons. The second-order valence-electron chi connectivity index (χ2n) is 5.86. The Kier molecular flexibility index (Phi) is 7.91. The van der Waals surface area contributed by atoms with Crippen molar-refractivity contribution < 1.29 is 14.3 Å². The van der Waals surface area contributed by atoms with E-state index in [2.05, 4.69) is 22.5 Å². The van der Waals surface area contributed by atoms with E-state index in [0.717, 1.165) is 6.42 Å². The molecule has 0 aliphatic rings. The normalized spacial score (nSPS) is 9.96. The van der Waals surface area contributed by atoms with Crippen molar-refractivity contribution >= 4 is 23.2 Å². The molecular formula is C21H25N3O3. The molecule has 6 nitrogen and oxygen atoms in total. The van der Waals surface area contributed by atoms with Crippen LogP contribution in [0.25, 0.3) is 0 Å². The van der Waals surface area contributed by atoms with Crippen LogP contribution in [0.3, 0.4) is 0 Å². The Labute approximate surface area is 159 Å². The van der Waals surface area contributed by atoms with Gasteiger partial charge in [-0.05, 0) is 48.9 Å². The first kappa shape index (κ1) is 20.0. The summed E-state index contributed by atoms with van der Waals surface area (Å²) in [7, 11) is 0. The molecule has 0 unspecified atom stereocenters. The van der Waals surface area contributed by atoms with E-state index >= 15 is 0 Å². The van der Waals surface area contributed by atoms with E-state index in [1.54, 1.807) is 48.5 Å². The molecule has 0 spiro atoms. The van der Waals surface area contributed by atoms with Crippen LogP contribution >= 0.6 is 0 Å². The van der Waals surface area contributed by atoms with Crippen LogP contribution in [0.4, 0.5) is 11.4 Å². The van der Waals surface area contributed by atoms with Crippen LogP contribution in [0.1, 0.15) is 23.7 Å². The summed E-state index contributed by atoms with van der Waals surface area (Å²) in [6.07, 6.45) is 2.55. The van der Waals surface area contributed by atoms with Gasteiger partial charge in [-0.25, -0.2) is 0 Å². The first-order valence-electron chi connectivity index (χ1n) is 8.88. The largest absolute Gasteiger partial charge is 0.490 e. The zero-order valence-corrected chi connectivity index (χ0v) is 15.5. The number of anilines is 2. The number of ether oxygens (including phenoxy) is 1. The number of hydrogen-bond acceptors (Lipinski definition) is 4. The number of carbonyl (C=O) groups is 2. The molecule has 0 saturated carbocycles. The first-order valence-corrected chi connectivity index (χ1v) is 8.88. The molecule has 0 heterocycles. The number of nitrogens with one attached hydrogen (secondary N) is 3. The molecule has 27 heavy (non-hydrogen) atoms. The first-order chi connectivity index (χ1) is 13.1. The molecule has 0 aliphatic heterocycles. The molecule has 0 fully saturated rings. The summed E-state index contributed by atoms with van der Waals surface area (Å²) in [6.45, 7) is 6.76. The molecule has 0 bridgehead atoms. The van der Waals surface area contributed by atoms with Crippen LogP contribution in [0, 0.1) is 0 Å². The van der Waals surface area contributed by atoms with E-state index in [1.165, 1.54) is 0 Å². The molecule has 0 radical (unpaired) electrons. The average molecular weight is 367 g/mol. The molecular weight excluding hydrogens is 342 g/mol. The highest BCUT2D eigenvalue weighted by Crippen LogP contribution is 2.16. The maximum Gasteiger partial charge on any atom is 0.251 e. The van der Waals surface area contributed by atoms with Crippen LogP contribution in [0.5, 0.6) is 5.75 Å². The lowest BCUT2D eigenvalue weighted by Gasteiger charge is -2.10. The quantitative estimate of drug-likeness (QED) is 0.562. The average Bonchev–Trinajstić information content (AvgIpc) is 2.70. The van der Waals surface area contributed by atoms with Gasteiger partial charge >= 0.3 is 0 Å². The minimum absolute atomic E-state index is 0.0920. The van der Waals surface area contributed by atoms with Crippen molar-refractivity contribution in [1.82, 2.24) is 5.32 Å². The van der Waals surface area contributed by atoms with Crippen molar-refractivity contribution in [2.45, 2.75) is 13.3 Å². The molecule has 2 aromatic rings. The third-order valence-electron chi connectivity index (χ3n) is 3.62. The molecule has 3 N–H and O–H groups in total. The minimum atomic E-state index is -0.185. The van der Waals surface area contributed by atoms with Gasteiger partial charge in [-0.1, -0.05) is 25.6 Å². The fourth-order valence-corrected chi connectivity index (χ4v) is 2.29. The van der Waals surface area contributed by atoms with E-state index in [4.69, 9.17) is 4.74 Å². The molecule has 0 saturated heterocycles. The maximum atomic E-state index is 12.1. The van der Waals surface area contributed by atoms with Gasteiger partial charge < -0.3 is 20.7 Å².